The second-order valence-electron chi connectivity index (χ2n) is 8.39. The van der Waals surface area contributed by atoms with E-state index in [0.29, 0.717) is 43.1 Å². The van der Waals surface area contributed by atoms with Crippen LogP contribution in [0.25, 0.3) is 0 Å². The number of carbonyl (C=O) groups is 2. The number of nitrogens with one attached hydrogen (secondary N) is 1. The predicted octanol–water partition coefficient (Wildman–Crippen LogP) is 2.94. The quantitative estimate of drug-likeness (QED) is 0.649. The number of amides is 1. The van der Waals surface area contributed by atoms with Gasteiger partial charge in [0.25, 0.3) is 0 Å². The van der Waals surface area contributed by atoms with E-state index >= 15 is 0 Å². The summed E-state index contributed by atoms with van der Waals surface area (Å²) in [6.07, 6.45) is 0.898. The number of fused-ring (bicyclic) bond motifs is 1. The molecule has 2 heterocycles. The molecule has 1 unspecified atom stereocenters. The van der Waals surface area contributed by atoms with Crippen molar-refractivity contribution in [1.82, 2.24) is 9.62 Å². The molecule has 1 atom stereocenters. The zero-order chi connectivity index (χ0) is 23.6. The Hall–Kier alpha value is -2.91. The fourth-order valence-corrected chi connectivity index (χ4v) is 5.58. The summed E-state index contributed by atoms with van der Waals surface area (Å²) in [5.74, 6) is 0.926. The topological polar surface area (TPSA) is 102 Å². The lowest BCUT2D eigenvalue weighted by atomic mass is 9.96. The number of piperidine rings is 1. The average Bonchev–Trinajstić information content (AvgIpc) is 2.83. The molecule has 1 saturated heterocycles. The Bertz CT molecular complexity index is 1140. The molecule has 8 nitrogen and oxygen atoms in total. The molecule has 0 spiro atoms. The Labute approximate surface area is 193 Å². The van der Waals surface area contributed by atoms with Crippen molar-refractivity contribution < 1.29 is 27.5 Å². The third kappa shape index (κ3) is 5.04. The largest absolute Gasteiger partial charge is 0.486 e. The van der Waals surface area contributed by atoms with E-state index in [2.05, 4.69) is 5.32 Å². The molecule has 0 radical (unpaired) electrons. The van der Waals surface area contributed by atoms with Crippen LogP contribution in [0.1, 0.15) is 48.7 Å². The van der Waals surface area contributed by atoms with E-state index in [1.165, 1.54) is 35.5 Å². The van der Waals surface area contributed by atoms with Crippen LogP contribution in [-0.2, 0) is 14.8 Å². The van der Waals surface area contributed by atoms with E-state index in [0.717, 1.165) is 5.56 Å². The van der Waals surface area contributed by atoms with E-state index in [1.54, 1.807) is 0 Å². The smallest absolute Gasteiger partial charge is 0.243 e. The standard InChI is InChI=1S/C24H28N2O6S/c1-16(20-5-8-22-23(15-20)32-14-13-31-22)25-24(28)19-9-11-26(12-10-19)33(29,30)21-6-3-18(4-7-21)17(2)27/h3-8,15-16,19H,9-14H2,1-2H3,(H,25,28). The van der Waals surface area contributed by atoms with Gasteiger partial charge in [-0.15, -0.1) is 0 Å². The monoisotopic (exact) mass is 472 g/mol. The summed E-state index contributed by atoms with van der Waals surface area (Å²) in [6.45, 7) is 4.92. The Balaban J connectivity index is 1.34. The number of nitrogens with zero attached hydrogens (tertiary/aromatic N) is 1. The minimum atomic E-state index is -3.66. The average molecular weight is 473 g/mol. The number of ether oxygens (including phenoxy) is 2. The van der Waals surface area contributed by atoms with Gasteiger partial charge in [0.2, 0.25) is 15.9 Å². The van der Waals surface area contributed by atoms with E-state index in [-0.39, 0.29) is 41.6 Å². The highest BCUT2D eigenvalue weighted by molar-refractivity contribution is 7.89. The van der Waals surface area contributed by atoms with Gasteiger partial charge in [-0.1, -0.05) is 18.2 Å². The van der Waals surface area contributed by atoms with Crippen molar-refractivity contribution >= 4 is 21.7 Å². The van der Waals surface area contributed by atoms with Crippen molar-refractivity contribution in [2.24, 2.45) is 5.92 Å². The summed E-state index contributed by atoms with van der Waals surface area (Å²) in [7, 11) is -3.66. The highest BCUT2D eigenvalue weighted by atomic mass is 32.2. The van der Waals surface area contributed by atoms with Crippen molar-refractivity contribution in [1.29, 1.82) is 0 Å². The van der Waals surface area contributed by atoms with Crippen LogP contribution in [0.5, 0.6) is 11.5 Å². The minimum Gasteiger partial charge on any atom is -0.486 e. The first-order valence-electron chi connectivity index (χ1n) is 11.1. The Morgan fingerprint density at radius 1 is 1.00 bits per heavy atom. The first-order chi connectivity index (χ1) is 15.8. The normalized spacial score (nSPS) is 17.9. The number of benzene rings is 2. The molecule has 2 aliphatic heterocycles. The fourth-order valence-electron chi connectivity index (χ4n) is 4.11. The first kappa shape index (κ1) is 23.3. The molecule has 176 valence electrons. The molecule has 1 fully saturated rings. The molecule has 0 bridgehead atoms. The van der Waals surface area contributed by atoms with Crippen LogP contribution < -0.4 is 14.8 Å². The van der Waals surface area contributed by atoms with Gasteiger partial charge in [-0.05, 0) is 56.5 Å². The van der Waals surface area contributed by atoms with E-state index in [1.807, 2.05) is 25.1 Å². The van der Waals surface area contributed by atoms with Crippen molar-refractivity contribution in [3.05, 3.63) is 53.6 Å². The molecular weight excluding hydrogens is 444 g/mol. The Kier molecular flexibility index (Phi) is 6.71. The second kappa shape index (κ2) is 9.52. The van der Waals surface area contributed by atoms with Crippen molar-refractivity contribution in [2.75, 3.05) is 26.3 Å². The molecule has 1 N–H and O–H groups in total. The maximum atomic E-state index is 12.9. The molecule has 2 aromatic rings. The SMILES string of the molecule is CC(=O)c1ccc(S(=O)(=O)N2CCC(C(=O)NC(C)c3ccc4c(c3)OCCO4)CC2)cc1. The minimum absolute atomic E-state index is 0.0831. The first-order valence-corrected chi connectivity index (χ1v) is 12.5. The molecular formula is C24H28N2O6S. The van der Waals surface area contributed by atoms with Gasteiger partial charge in [-0.25, -0.2) is 8.42 Å². The summed E-state index contributed by atoms with van der Waals surface area (Å²) in [5, 5.41) is 3.04. The van der Waals surface area contributed by atoms with Crippen LogP contribution in [0.15, 0.2) is 47.4 Å². The lowest BCUT2D eigenvalue weighted by molar-refractivity contribution is -0.126. The van der Waals surface area contributed by atoms with Crippen molar-refractivity contribution in [3.63, 3.8) is 0 Å². The van der Waals surface area contributed by atoms with Crippen LogP contribution in [0, 0.1) is 5.92 Å². The fraction of sp³-hybridized carbons (Fsp3) is 0.417. The van der Waals surface area contributed by atoms with Crippen LogP contribution in [-0.4, -0.2) is 50.7 Å². The van der Waals surface area contributed by atoms with Gasteiger partial charge in [0.15, 0.2) is 17.3 Å². The number of hydrogen-bond acceptors (Lipinski definition) is 6. The number of Topliss-reactive ketones (excluding diaryl/α,β-unsaturated/α-hetero) is 1. The summed E-state index contributed by atoms with van der Waals surface area (Å²) in [6, 6.07) is 11.4. The van der Waals surface area contributed by atoms with Crippen molar-refractivity contribution in [3.8, 4) is 11.5 Å². The molecule has 0 aromatic heterocycles. The van der Waals surface area contributed by atoms with E-state index in [4.69, 9.17) is 9.47 Å². The highest BCUT2D eigenvalue weighted by Crippen LogP contribution is 2.33. The van der Waals surface area contributed by atoms with Gasteiger partial charge in [0.05, 0.1) is 10.9 Å². The van der Waals surface area contributed by atoms with Gasteiger partial charge in [0, 0.05) is 24.6 Å². The molecule has 1 amide bonds. The second-order valence-corrected chi connectivity index (χ2v) is 10.3. The highest BCUT2D eigenvalue weighted by Gasteiger charge is 2.32. The van der Waals surface area contributed by atoms with E-state index in [9.17, 15) is 18.0 Å². The third-order valence-electron chi connectivity index (χ3n) is 6.15. The van der Waals surface area contributed by atoms with Gasteiger partial charge in [-0.3, -0.25) is 9.59 Å². The predicted molar refractivity (Wildman–Crippen MR) is 122 cm³/mol. The van der Waals surface area contributed by atoms with E-state index < -0.39 is 10.0 Å². The lowest BCUT2D eigenvalue weighted by Gasteiger charge is -2.31. The molecule has 4 rings (SSSR count). The number of rotatable bonds is 6. The summed E-state index contributed by atoms with van der Waals surface area (Å²) in [4.78, 5) is 24.4. The molecule has 0 aliphatic carbocycles. The lowest BCUT2D eigenvalue weighted by Crippen LogP contribution is -2.43. The zero-order valence-electron chi connectivity index (χ0n) is 18.7. The molecule has 0 saturated carbocycles. The van der Waals surface area contributed by atoms with Gasteiger partial charge in [0.1, 0.15) is 13.2 Å². The van der Waals surface area contributed by atoms with Crippen molar-refractivity contribution in [2.45, 2.75) is 37.6 Å². The maximum Gasteiger partial charge on any atom is 0.243 e. The zero-order valence-corrected chi connectivity index (χ0v) is 19.6. The number of ketones is 1. The van der Waals surface area contributed by atoms with Crippen LogP contribution in [0.2, 0.25) is 0 Å². The van der Waals surface area contributed by atoms with Gasteiger partial charge < -0.3 is 14.8 Å². The summed E-state index contributed by atoms with van der Waals surface area (Å²) < 4.78 is 38.4. The van der Waals surface area contributed by atoms with Crippen LogP contribution in [0.4, 0.5) is 0 Å². The van der Waals surface area contributed by atoms with Crippen LogP contribution >= 0.6 is 0 Å². The number of sulfonamides is 1. The third-order valence-corrected chi connectivity index (χ3v) is 8.06. The maximum absolute atomic E-state index is 12.9. The summed E-state index contributed by atoms with van der Waals surface area (Å²) >= 11 is 0. The van der Waals surface area contributed by atoms with Gasteiger partial charge >= 0.3 is 0 Å². The molecule has 9 heteroatoms. The molecule has 33 heavy (non-hydrogen) atoms. The number of hydrogen-bond donors (Lipinski definition) is 1. The molecule has 2 aliphatic rings. The van der Waals surface area contributed by atoms with Gasteiger partial charge in [-0.2, -0.15) is 4.31 Å². The molecule has 2 aromatic carbocycles. The Morgan fingerprint density at radius 2 is 1.64 bits per heavy atom. The van der Waals surface area contributed by atoms with Crippen LogP contribution in [0.3, 0.4) is 0 Å². The Morgan fingerprint density at radius 3 is 2.27 bits per heavy atom. The summed E-state index contributed by atoms with van der Waals surface area (Å²) in [5.41, 5.74) is 1.39. The number of carbonyl (C=O) groups excluding carboxylic acids is 2.